The molecule has 3 heteroatoms. The van der Waals surface area contributed by atoms with Crippen LogP contribution in [0.15, 0.2) is 12.4 Å². The van der Waals surface area contributed by atoms with Gasteiger partial charge in [0, 0.05) is 18.1 Å². The maximum atomic E-state index is 4.06. The summed E-state index contributed by atoms with van der Waals surface area (Å²) in [6.45, 7) is 1.91. The quantitative estimate of drug-likeness (QED) is 0.593. The standard InChI is InChI=1S/C6H8N2S/c1-5-2-8-6(4-9)3-7-5/h2-3,9H,4H2,1H3. The van der Waals surface area contributed by atoms with Gasteiger partial charge in [-0.15, -0.1) is 0 Å². The fourth-order valence-electron chi connectivity index (χ4n) is 0.501. The van der Waals surface area contributed by atoms with Crippen molar-refractivity contribution in [2.45, 2.75) is 12.7 Å². The molecule has 0 aromatic carbocycles. The van der Waals surface area contributed by atoms with Gasteiger partial charge in [-0.2, -0.15) is 12.6 Å². The maximum absolute atomic E-state index is 4.06. The van der Waals surface area contributed by atoms with E-state index < -0.39 is 0 Å². The molecule has 0 N–H and O–H groups in total. The Morgan fingerprint density at radius 3 is 2.67 bits per heavy atom. The third-order valence-electron chi connectivity index (χ3n) is 0.996. The van der Waals surface area contributed by atoms with Crippen molar-refractivity contribution in [3.63, 3.8) is 0 Å². The molecule has 0 fully saturated rings. The van der Waals surface area contributed by atoms with E-state index in [1.165, 1.54) is 0 Å². The Hall–Kier alpha value is -0.570. The second-order valence-electron chi connectivity index (χ2n) is 1.81. The van der Waals surface area contributed by atoms with E-state index in [0.29, 0.717) is 5.75 Å². The lowest BCUT2D eigenvalue weighted by Gasteiger charge is -1.92. The van der Waals surface area contributed by atoms with Crippen LogP contribution in [0.3, 0.4) is 0 Å². The maximum Gasteiger partial charge on any atom is 0.0683 e. The highest BCUT2D eigenvalue weighted by molar-refractivity contribution is 7.79. The summed E-state index contributed by atoms with van der Waals surface area (Å²) in [5.74, 6) is 0.660. The van der Waals surface area contributed by atoms with Crippen molar-refractivity contribution in [3.05, 3.63) is 23.8 Å². The van der Waals surface area contributed by atoms with Crippen LogP contribution in [0.5, 0.6) is 0 Å². The zero-order chi connectivity index (χ0) is 6.69. The summed E-state index contributed by atoms with van der Waals surface area (Å²) in [7, 11) is 0. The molecule has 9 heavy (non-hydrogen) atoms. The average molecular weight is 140 g/mol. The van der Waals surface area contributed by atoms with Crippen LogP contribution in [-0.4, -0.2) is 9.97 Å². The number of aryl methyl sites for hydroxylation is 1. The second kappa shape index (κ2) is 2.82. The van der Waals surface area contributed by atoms with Gasteiger partial charge in [-0.1, -0.05) is 0 Å². The van der Waals surface area contributed by atoms with E-state index in [2.05, 4.69) is 22.6 Å². The topological polar surface area (TPSA) is 25.8 Å². The molecular formula is C6H8N2S. The van der Waals surface area contributed by atoms with E-state index in [-0.39, 0.29) is 0 Å². The van der Waals surface area contributed by atoms with Gasteiger partial charge in [-0.25, -0.2) is 0 Å². The van der Waals surface area contributed by atoms with Crippen LogP contribution in [0.1, 0.15) is 11.4 Å². The lowest BCUT2D eigenvalue weighted by atomic mass is 10.4. The minimum absolute atomic E-state index is 0.660. The number of thiol groups is 1. The molecule has 0 unspecified atom stereocenters. The first kappa shape index (κ1) is 6.55. The molecule has 0 bridgehead atoms. The minimum Gasteiger partial charge on any atom is -0.258 e. The Labute approximate surface area is 59.8 Å². The van der Waals surface area contributed by atoms with Crippen molar-refractivity contribution in [1.82, 2.24) is 9.97 Å². The molecule has 0 amide bonds. The smallest absolute Gasteiger partial charge is 0.0683 e. The van der Waals surface area contributed by atoms with Gasteiger partial charge in [-0.3, -0.25) is 9.97 Å². The van der Waals surface area contributed by atoms with Gasteiger partial charge in [0.15, 0.2) is 0 Å². The van der Waals surface area contributed by atoms with Gasteiger partial charge in [0.05, 0.1) is 11.4 Å². The molecule has 0 aliphatic heterocycles. The predicted octanol–water partition coefficient (Wildman–Crippen LogP) is 1.21. The summed E-state index contributed by atoms with van der Waals surface area (Å²) in [5, 5.41) is 0. The van der Waals surface area contributed by atoms with E-state index >= 15 is 0 Å². The molecular weight excluding hydrogens is 132 g/mol. The van der Waals surface area contributed by atoms with Gasteiger partial charge < -0.3 is 0 Å². The number of hydrogen-bond acceptors (Lipinski definition) is 3. The summed E-state index contributed by atoms with van der Waals surface area (Å²) in [5.41, 5.74) is 1.87. The first-order valence-corrected chi connectivity index (χ1v) is 3.34. The lowest BCUT2D eigenvalue weighted by Crippen LogP contribution is -1.87. The van der Waals surface area contributed by atoms with E-state index in [4.69, 9.17) is 0 Å². The molecule has 2 nitrogen and oxygen atoms in total. The van der Waals surface area contributed by atoms with Crippen LogP contribution < -0.4 is 0 Å². The Kier molecular flexibility index (Phi) is 2.05. The number of rotatable bonds is 1. The van der Waals surface area contributed by atoms with Gasteiger partial charge >= 0.3 is 0 Å². The molecule has 0 aliphatic rings. The molecule has 1 heterocycles. The van der Waals surface area contributed by atoms with Crippen LogP contribution in [-0.2, 0) is 5.75 Å². The zero-order valence-electron chi connectivity index (χ0n) is 5.20. The highest BCUT2D eigenvalue weighted by Gasteiger charge is 1.88. The molecule has 0 atom stereocenters. The van der Waals surface area contributed by atoms with E-state index in [1.54, 1.807) is 12.4 Å². The monoisotopic (exact) mass is 140 g/mol. The van der Waals surface area contributed by atoms with Crippen LogP contribution in [0.2, 0.25) is 0 Å². The van der Waals surface area contributed by atoms with Crippen LogP contribution in [0.4, 0.5) is 0 Å². The molecule has 0 saturated carbocycles. The SMILES string of the molecule is Cc1cnc(CS)cn1. The Bertz CT molecular complexity index is 183. The molecule has 0 radical (unpaired) electrons. The molecule has 48 valence electrons. The molecule has 1 rings (SSSR count). The second-order valence-corrected chi connectivity index (χ2v) is 2.12. The average Bonchev–Trinajstić information content (AvgIpc) is 1.90. The number of aromatic nitrogens is 2. The van der Waals surface area contributed by atoms with Crippen LogP contribution in [0, 0.1) is 6.92 Å². The minimum atomic E-state index is 0.660. The molecule has 1 aromatic heterocycles. The van der Waals surface area contributed by atoms with Gasteiger partial charge in [0.25, 0.3) is 0 Å². The van der Waals surface area contributed by atoms with Crippen molar-refractivity contribution >= 4 is 12.6 Å². The van der Waals surface area contributed by atoms with E-state index in [9.17, 15) is 0 Å². The Morgan fingerprint density at radius 2 is 2.22 bits per heavy atom. The lowest BCUT2D eigenvalue weighted by molar-refractivity contribution is 1.05. The first-order chi connectivity index (χ1) is 4.33. The number of nitrogens with zero attached hydrogens (tertiary/aromatic N) is 2. The first-order valence-electron chi connectivity index (χ1n) is 2.71. The zero-order valence-corrected chi connectivity index (χ0v) is 6.10. The fourth-order valence-corrected chi connectivity index (χ4v) is 0.664. The highest BCUT2D eigenvalue weighted by Crippen LogP contribution is 1.96. The summed E-state index contributed by atoms with van der Waals surface area (Å²) in [6.07, 6.45) is 3.48. The summed E-state index contributed by atoms with van der Waals surface area (Å²) < 4.78 is 0. The van der Waals surface area contributed by atoms with Crippen molar-refractivity contribution in [2.75, 3.05) is 0 Å². The van der Waals surface area contributed by atoms with Crippen molar-refractivity contribution in [3.8, 4) is 0 Å². The summed E-state index contributed by atoms with van der Waals surface area (Å²) in [6, 6.07) is 0. The van der Waals surface area contributed by atoms with E-state index in [0.717, 1.165) is 11.4 Å². The third kappa shape index (κ3) is 1.68. The molecule has 0 spiro atoms. The van der Waals surface area contributed by atoms with Crippen LogP contribution >= 0.6 is 12.6 Å². The van der Waals surface area contributed by atoms with Crippen molar-refractivity contribution < 1.29 is 0 Å². The van der Waals surface area contributed by atoms with Gasteiger partial charge in [-0.05, 0) is 6.92 Å². The summed E-state index contributed by atoms with van der Waals surface area (Å²) in [4.78, 5) is 8.10. The third-order valence-corrected chi connectivity index (χ3v) is 1.32. The predicted molar refractivity (Wildman–Crippen MR) is 39.5 cm³/mol. The molecule has 0 aliphatic carbocycles. The summed E-state index contributed by atoms with van der Waals surface area (Å²) >= 11 is 4.04. The molecule has 1 aromatic rings. The number of hydrogen-bond donors (Lipinski definition) is 1. The van der Waals surface area contributed by atoms with Gasteiger partial charge in [0.1, 0.15) is 0 Å². The van der Waals surface area contributed by atoms with Crippen molar-refractivity contribution in [2.24, 2.45) is 0 Å². The Balaban J connectivity index is 2.88. The fraction of sp³-hybridized carbons (Fsp3) is 0.333. The van der Waals surface area contributed by atoms with Crippen molar-refractivity contribution in [1.29, 1.82) is 0 Å². The van der Waals surface area contributed by atoms with Crippen LogP contribution in [0.25, 0.3) is 0 Å². The highest BCUT2D eigenvalue weighted by atomic mass is 32.1. The molecule has 0 saturated heterocycles. The largest absolute Gasteiger partial charge is 0.258 e. The van der Waals surface area contributed by atoms with E-state index in [1.807, 2.05) is 6.92 Å². The van der Waals surface area contributed by atoms with Gasteiger partial charge in [0.2, 0.25) is 0 Å². The Morgan fingerprint density at radius 1 is 1.44 bits per heavy atom. The normalized spacial score (nSPS) is 9.56.